The topological polar surface area (TPSA) is 25.6 Å². The molecule has 9 aromatic carbocycles. The smallest absolute Gasteiger partial charge is 0.159 e. The van der Waals surface area contributed by atoms with Gasteiger partial charge in [-0.1, -0.05) is 176 Å². The summed E-state index contributed by atoms with van der Waals surface area (Å²) in [5.74, 6) is 1.11. The molecule has 59 heavy (non-hydrogen) atoms. The molecule has 0 N–H and O–H groups in total. The largest absolute Gasteiger partial charge is 0.484 e. The van der Waals surface area contributed by atoms with Crippen LogP contribution < -0.4 is 9.64 Å². The van der Waals surface area contributed by atoms with Gasteiger partial charge < -0.3 is 14.1 Å². The molecule has 0 fully saturated rings. The van der Waals surface area contributed by atoms with E-state index in [1.165, 1.54) is 38.4 Å². The summed E-state index contributed by atoms with van der Waals surface area (Å²) in [5.41, 5.74) is 13.1. The normalized spacial score (nSPS) is 15.6. The molecular weight excluding hydrogens is 719 g/mol. The number of hydrogen-bond donors (Lipinski definition) is 0. The lowest BCUT2D eigenvalue weighted by atomic mass is 9.85. The Morgan fingerprint density at radius 3 is 1.90 bits per heavy atom. The molecule has 1 aliphatic heterocycles. The second kappa shape index (κ2) is 13.5. The van der Waals surface area contributed by atoms with Crippen LogP contribution in [0.2, 0.25) is 0 Å². The second-order valence-corrected chi connectivity index (χ2v) is 15.5. The minimum Gasteiger partial charge on any atom is -0.484 e. The van der Waals surface area contributed by atoms with E-state index in [4.69, 9.17) is 9.15 Å². The van der Waals surface area contributed by atoms with Gasteiger partial charge in [-0.3, -0.25) is 0 Å². The fraction of sp³-hybridized carbons (Fsp3) is 0.0357. The maximum atomic E-state index is 6.70. The second-order valence-electron chi connectivity index (χ2n) is 15.5. The minimum atomic E-state index is -0.0410. The van der Waals surface area contributed by atoms with E-state index in [-0.39, 0.29) is 12.0 Å². The molecule has 278 valence electrons. The molecule has 0 bridgehead atoms. The van der Waals surface area contributed by atoms with Gasteiger partial charge >= 0.3 is 0 Å². The van der Waals surface area contributed by atoms with Crippen molar-refractivity contribution in [2.45, 2.75) is 12.0 Å². The summed E-state index contributed by atoms with van der Waals surface area (Å²) in [4.78, 5) is 2.36. The third kappa shape index (κ3) is 5.50. The number of hydrogen-bond acceptors (Lipinski definition) is 3. The highest BCUT2D eigenvalue weighted by Crippen LogP contribution is 2.49. The van der Waals surface area contributed by atoms with Crippen LogP contribution in [0.4, 0.5) is 17.1 Å². The van der Waals surface area contributed by atoms with Crippen LogP contribution in [0.25, 0.3) is 71.3 Å². The van der Waals surface area contributed by atoms with Gasteiger partial charge in [0.25, 0.3) is 0 Å². The summed E-state index contributed by atoms with van der Waals surface area (Å²) in [5, 5.41) is 7.08. The summed E-state index contributed by atoms with van der Waals surface area (Å²) >= 11 is 0. The molecule has 0 saturated heterocycles. The molecule has 0 amide bonds. The first-order valence-corrected chi connectivity index (χ1v) is 20.3. The molecule has 2 atom stereocenters. The van der Waals surface area contributed by atoms with Crippen LogP contribution in [0, 0.1) is 0 Å². The fourth-order valence-corrected chi connectivity index (χ4v) is 9.36. The number of nitrogens with zero attached hydrogens (tertiary/aromatic N) is 1. The average Bonchev–Trinajstić information content (AvgIpc) is 3.88. The molecule has 12 rings (SSSR count). The quantitative estimate of drug-likeness (QED) is 0.169. The molecule has 1 aromatic heterocycles. The summed E-state index contributed by atoms with van der Waals surface area (Å²) < 4.78 is 13.3. The van der Waals surface area contributed by atoms with E-state index in [0.29, 0.717) is 0 Å². The predicted octanol–water partition coefficient (Wildman–Crippen LogP) is 15.2. The van der Waals surface area contributed by atoms with Gasteiger partial charge in [-0.15, -0.1) is 0 Å². The Morgan fingerprint density at radius 2 is 1.05 bits per heavy atom. The number of fused-ring (bicyclic) bond motifs is 9. The molecular formula is C56H37NO2. The Hall–Kier alpha value is -7.62. The number of rotatable bonds is 6. The first-order chi connectivity index (χ1) is 29.2. The fourth-order valence-electron chi connectivity index (χ4n) is 9.36. The Bertz CT molecular complexity index is 3310. The van der Waals surface area contributed by atoms with E-state index < -0.39 is 0 Å². The highest BCUT2D eigenvalue weighted by molar-refractivity contribution is 6.10. The van der Waals surface area contributed by atoms with Gasteiger partial charge in [0.05, 0.1) is 11.4 Å². The van der Waals surface area contributed by atoms with Crippen molar-refractivity contribution in [3.63, 3.8) is 0 Å². The van der Waals surface area contributed by atoms with Crippen molar-refractivity contribution in [3.8, 4) is 28.0 Å². The van der Waals surface area contributed by atoms with E-state index in [2.05, 4.69) is 211 Å². The molecule has 0 spiro atoms. The molecule has 1 aliphatic carbocycles. The van der Waals surface area contributed by atoms with Gasteiger partial charge in [-0.05, 0) is 80.4 Å². The molecule has 3 nitrogen and oxygen atoms in total. The number of benzene rings is 9. The molecule has 2 aliphatic rings. The van der Waals surface area contributed by atoms with Gasteiger partial charge in [-0.2, -0.15) is 0 Å². The van der Waals surface area contributed by atoms with Crippen LogP contribution in [0.15, 0.2) is 217 Å². The standard InChI is InChI=1S/C56H37NO2/c1-3-14-43-38(11-1)13-9-18-44(43)40-25-23-36(24-26-40)37-27-31-42(32-28-37)57(52-21-10-19-48-47-17-6-8-22-53(47)59-56(48)52)51-20-7-5-15-45(51)41-30-34-54-50(35-41)49-33-29-39-12-2-4-16-46(39)55(49)58-54/h1-35,50,54H. The number of anilines is 3. The van der Waals surface area contributed by atoms with E-state index in [0.717, 1.165) is 66.8 Å². The zero-order valence-corrected chi connectivity index (χ0v) is 32.1. The Morgan fingerprint density at radius 1 is 0.441 bits per heavy atom. The maximum absolute atomic E-state index is 6.70. The SMILES string of the molecule is C1=CC2Oc3c(ccc4ccccc34)C2C=C1c1ccccc1N(c1ccc(-c2ccc(-c3cccc4ccccc34)cc2)cc1)c1cccc2c1oc1ccccc12. The summed E-state index contributed by atoms with van der Waals surface area (Å²) in [6.07, 6.45) is 6.82. The summed E-state index contributed by atoms with van der Waals surface area (Å²) in [7, 11) is 0. The Balaban J connectivity index is 0.967. The van der Waals surface area contributed by atoms with E-state index in [9.17, 15) is 0 Å². The molecule has 0 radical (unpaired) electrons. The molecule has 10 aromatic rings. The van der Waals surface area contributed by atoms with Crippen molar-refractivity contribution in [1.82, 2.24) is 0 Å². The molecule has 2 heterocycles. The zero-order valence-electron chi connectivity index (χ0n) is 32.1. The van der Waals surface area contributed by atoms with Crippen molar-refractivity contribution >= 4 is 66.1 Å². The van der Waals surface area contributed by atoms with Crippen LogP contribution in [0.1, 0.15) is 17.0 Å². The van der Waals surface area contributed by atoms with Crippen LogP contribution in [0.5, 0.6) is 5.75 Å². The van der Waals surface area contributed by atoms with Crippen LogP contribution in [-0.2, 0) is 0 Å². The summed E-state index contributed by atoms with van der Waals surface area (Å²) in [6.45, 7) is 0. The van der Waals surface area contributed by atoms with Crippen LogP contribution >= 0.6 is 0 Å². The number of ether oxygens (including phenoxy) is 1. The molecule has 2 unspecified atom stereocenters. The van der Waals surface area contributed by atoms with Gasteiger partial charge in [0.2, 0.25) is 0 Å². The lowest BCUT2D eigenvalue weighted by molar-refractivity contribution is 0.272. The minimum absolute atomic E-state index is 0.0410. The van der Waals surface area contributed by atoms with Gasteiger partial charge in [-0.25, -0.2) is 0 Å². The van der Waals surface area contributed by atoms with Gasteiger partial charge in [0, 0.05) is 38.9 Å². The van der Waals surface area contributed by atoms with E-state index in [1.807, 2.05) is 6.07 Å². The highest BCUT2D eigenvalue weighted by atomic mass is 16.5. The van der Waals surface area contributed by atoms with Crippen molar-refractivity contribution in [2.75, 3.05) is 4.90 Å². The summed E-state index contributed by atoms with van der Waals surface area (Å²) in [6, 6.07) is 69.5. The van der Waals surface area contributed by atoms with Crippen molar-refractivity contribution in [2.24, 2.45) is 0 Å². The zero-order chi connectivity index (χ0) is 38.9. The lowest BCUT2D eigenvalue weighted by Gasteiger charge is -2.29. The first kappa shape index (κ1) is 33.5. The van der Waals surface area contributed by atoms with Crippen LogP contribution in [0.3, 0.4) is 0 Å². The highest BCUT2D eigenvalue weighted by Gasteiger charge is 2.35. The molecule has 3 heteroatoms. The lowest BCUT2D eigenvalue weighted by Crippen LogP contribution is -2.18. The van der Waals surface area contributed by atoms with Gasteiger partial charge in [0.15, 0.2) is 5.58 Å². The average molecular weight is 756 g/mol. The predicted molar refractivity (Wildman–Crippen MR) is 245 cm³/mol. The van der Waals surface area contributed by atoms with E-state index >= 15 is 0 Å². The van der Waals surface area contributed by atoms with E-state index in [1.54, 1.807) is 0 Å². The molecule has 0 saturated carbocycles. The van der Waals surface area contributed by atoms with Gasteiger partial charge in [0.1, 0.15) is 17.4 Å². The Labute approximate surface area is 342 Å². The third-order valence-corrected chi connectivity index (χ3v) is 12.2. The van der Waals surface area contributed by atoms with Crippen molar-refractivity contribution in [3.05, 3.63) is 223 Å². The maximum Gasteiger partial charge on any atom is 0.159 e. The number of allylic oxidation sites excluding steroid dienone is 2. The third-order valence-electron chi connectivity index (χ3n) is 12.2. The van der Waals surface area contributed by atoms with Crippen molar-refractivity contribution < 1.29 is 9.15 Å². The Kier molecular flexibility index (Phi) is 7.67. The number of para-hydroxylation sites is 3. The monoisotopic (exact) mass is 755 g/mol. The van der Waals surface area contributed by atoms with Crippen molar-refractivity contribution in [1.29, 1.82) is 0 Å². The first-order valence-electron chi connectivity index (χ1n) is 20.3. The number of furan rings is 1. The van der Waals surface area contributed by atoms with Crippen LogP contribution in [-0.4, -0.2) is 6.10 Å².